The number of aromatic nitrogens is 2. The summed E-state index contributed by atoms with van der Waals surface area (Å²) in [4.78, 5) is 14.2. The fourth-order valence-electron chi connectivity index (χ4n) is 2.30. The van der Waals surface area contributed by atoms with E-state index in [-0.39, 0.29) is 11.9 Å². The minimum atomic E-state index is 0.0503. The minimum Gasteiger partial charge on any atom is -0.336 e. The van der Waals surface area contributed by atoms with Crippen molar-refractivity contribution >= 4 is 5.91 Å². The molecule has 0 radical (unpaired) electrons. The Hall–Kier alpha value is -1.36. The summed E-state index contributed by atoms with van der Waals surface area (Å²) >= 11 is 0. The van der Waals surface area contributed by atoms with Crippen LogP contribution in [0.5, 0.6) is 0 Å². The van der Waals surface area contributed by atoms with Gasteiger partial charge in [-0.1, -0.05) is 0 Å². The van der Waals surface area contributed by atoms with E-state index in [9.17, 15) is 4.79 Å². The van der Waals surface area contributed by atoms with Crippen molar-refractivity contribution in [1.29, 1.82) is 0 Å². The van der Waals surface area contributed by atoms with Crippen LogP contribution in [0.15, 0.2) is 12.3 Å². The topological polar surface area (TPSA) is 50.2 Å². The Labute approximate surface area is 108 Å². The van der Waals surface area contributed by atoms with Gasteiger partial charge < -0.3 is 10.2 Å². The molecule has 0 aromatic carbocycles. The lowest BCUT2D eigenvalue weighted by Gasteiger charge is -2.32. The third-order valence-electron chi connectivity index (χ3n) is 3.47. The smallest absolute Gasteiger partial charge is 0.274 e. The molecule has 18 heavy (non-hydrogen) atoms. The fraction of sp³-hybridized carbons (Fsp3) is 0.692. The summed E-state index contributed by atoms with van der Waals surface area (Å²) in [5.41, 5.74) is 0.556. The van der Waals surface area contributed by atoms with E-state index in [2.05, 4.69) is 24.3 Å². The number of carbonyl (C=O) groups excluding carboxylic acids is 1. The first-order valence-electron chi connectivity index (χ1n) is 6.63. The van der Waals surface area contributed by atoms with E-state index in [1.165, 1.54) is 0 Å². The number of hydrogen-bond donors (Lipinski definition) is 1. The molecule has 0 bridgehead atoms. The van der Waals surface area contributed by atoms with Crippen molar-refractivity contribution in [2.75, 3.05) is 20.1 Å². The largest absolute Gasteiger partial charge is 0.336 e. The average molecular weight is 250 g/mol. The van der Waals surface area contributed by atoms with Gasteiger partial charge >= 0.3 is 0 Å². The maximum absolute atomic E-state index is 12.3. The predicted octanol–water partition coefficient (Wildman–Crippen LogP) is 1.29. The summed E-state index contributed by atoms with van der Waals surface area (Å²) in [6.45, 7) is 5.73. The van der Waals surface area contributed by atoms with Crippen LogP contribution >= 0.6 is 0 Å². The molecule has 1 unspecified atom stereocenters. The second-order valence-corrected chi connectivity index (χ2v) is 5.15. The zero-order valence-corrected chi connectivity index (χ0v) is 11.4. The molecule has 2 heterocycles. The van der Waals surface area contributed by atoms with Gasteiger partial charge in [-0.05, 0) is 39.8 Å². The van der Waals surface area contributed by atoms with Crippen LogP contribution in [0.3, 0.4) is 0 Å². The highest BCUT2D eigenvalue weighted by molar-refractivity contribution is 5.92. The van der Waals surface area contributed by atoms with Crippen LogP contribution in [0.4, 0.5) is 0 Å². The van der Waals surface area contributed by atoms with E-state index in [0.717, 1.165) is 25.9 Å². The zero-order valence-electron chi connectivity index (χ0n) is 11.4. The van der Waals surface area contributed by atoms with Crippen LogP contribution in [-0.2, 0) is 0 Å². The monoisotopic (exact) mass is 250 g/mol. The van der Waals surface area contributed by atoms with Crippen LogP contribution in [0.25, 0.3) is 0 Å². The second kappa shape index (κ2) is 5.52. The van der Waals surface area contributed by atoms with Crippen molar-refractivity contribution < 1.29 is 4.79 Å². The number of likely N-dealkylation sites (N-methyl/N-ethyl adjacent to an activating group) is 1. The highest BCUT2D eigenvalue weighted by Gasteiger charge is 2.24. The van der Waals surface area contributed by atoms with Gasteiger partial charge in [-0.2, -0.15) is 5.10 Å². The molecule has 5 heteroatoms. The van der Waals surface area contributed by atoms with E-state index in [1.807, 2.05) is 28.9 Å². The van der Waals surface area contributed by atoms with Gasteiger partial charge in [-0.15, -0.1) is 0 Å². The molecular formula is C13H22N4O. The third-order valence-corrected chi connectivity index (χ3v) is 3.47. The van der Waals surface area contributed by atoms with Crippen LogP contribution in [0.2, 0.25) is 0 Å². The van der Waals surface area contributed by atoms with E-state index >= 15 is 0 Å². The Kier molecular flexibility index (Phi) is 4.01. The quantitative estimate of drug-likeness (QED) is 0.879. The molecule has 0 spiro atoms. The molecule has 1 atom stereocenters. The Morgan fingerprint density at radius 2 is 2.33 bits per heavy atom. The van der Waals surface area contributed by atoms with E-state index in [1.54, 1.807) is 0 Å². The van der Waals surface area contributed by atoms with Crippen molar-refractivity contribution in [2.24, 2.45) is 0 Å². The molecule has 1 amide bonds. The maximum atomic E-state index is 12.3. The normalized spacial score (nSPS) is 20.4. The summed E-state index contributed by atoms with van der Waals surface area (Å²) in [6, 6.07) is 2.51. The average Bonchev–Trinajstić information content (AvgIpc) is 2.87. The molecule has 1 fully saturated rings. The number of nitrogens with one attached hydrogen (secondary N) is 1. The highest BCUT2D eigenvalue weighted by atomic mass is 16.2. The van der Waals surface area contributed by atoms with Gasteiger partial charge in [0.25, 0.3) is 5.91 Å². The van der Waals surface area contributed by atoms with Crippen LogP contribution in [0, 0.1) is 0 Å². The molecule has 1 aliphatic rings. The first kappa shape index (κ1) is 13.1. The maximum Gasteiger partial charge on any atom is 0.274 e. The standard InChI is InChI=1S/C13H22N4O/c1-10(2)17-8-6-12(15-17)13(18)16-7-4-5-11(9-16)14-3/h6,8,10-11,14H,4-5,7,9H2,1-3H3. The summed E-state index contributed by atoms with van der Waals surface area (Å²) in [5.74, 6) is 0.0503. The SMILES string of the molecule is CNC1CCCN(C(=O)c2ccn(C(C)C)n2)C1. The van der Waals surface area contributed by atoms with E-state index in [4.69, 9.17) is 0 Å². The first-order valence-corrected chi connectivity index (χ1v) is 6.63. The molecule has 1 saturated heterocycles. The minimum absolute atomic E-state index is 0.0503. The highest BCUT2D eigenvalue weighted by Crippen LogP contribution is 2.13. The Morgan fingerprint density at radius 1 is 1.56 bits per heavy atom. The van der Waals surface area contributed by atoms with Crippen molar-refractivity contribution in [3.05, 3.63) is 18.0 Å². The van der Waals surface area contributed by atoms with Crippen molar-refractivity contribution in [2.45, 2.75) is 38.8 Å². The molecule has 100 valence electrons. The van der Waals surface area contributed by atoms with Crippen LogP contribution in [-0.4, -0.2) is 46.8 Å². The fourth-order valence-corrected chi connectivity index (χ4v) is 2.30. The Bertz CT molecular complexity index is 413. The lowest BCUT2D eigenvalue weighted by molar-refractivity contribution is 0.0691. The number of rotatable bonds is 3. The third kappa shape index (κ3) is 2.72. The summed E-state index contributed by atoms with van der Waals surface area (Å²) in [5, 5.41) is 7.58. The summed E-state index contributed by atoms with van der Waals surface area (Å²) in [6.07, 6.45) is 4.07. The predicted molar refractivity (Wildman–Crippen MR) is 70.6 cm³/mol. The molecule has 5 nitrogen and oxygen atoms in total. The van der Waals surface area contributed by atoms with Gasteiger partial charge in [0, 0.05) is 31.4 Å². The second-order valence-electron chi connectivity index (χ2n) is 5.15. The van der Waals surface area contributed by atoms with Crippen LogP contribution < -0.4 is 5.32 Å². The number of carbonyl (C=O) groups is 1. The lowest BCUT2D eigenvalue weighted by atomic mass is 10.1. The number of hydrogen-bond acceptors (Lipinski definition) is 3. The summed E-state index contributed by atoms with van der Waals surface area (Å²) < 4.78 is 1.83. The molecular weight excluding hydrogens is 228 g/mol. The number of nitrogens with zero attached hydrogens (tertiary/aromatic N) is 3. The molecule has 0 aliphatic carbocycles. The first-order chi connectivity index (χ1) is 8.61. The number of amides is 1. The van der Waals surface area contributed by atoms with Crippen LogP contribution in [0.1, 0.15) is 43.2 Å². The van der Waals surface area contributed by atoms with Gasteiger partial charge in [0.1, 0.15) is 5.69 Å². The lowest BCUT2D eigenvalue weighted by Crippen LogP contribution is -2.47. The molecule has 1 N–H and O–H groups in total. The molecule has 1 aliphatic heterocycles. The molecule has 1 aromatic heterocycles. The zero-order chi connectivity index (χ0) is 13.1. The Morgan fingerprint density at radius 3 is 2.94 bits per heavy atom. The van der Waals surface area contributed by atoms with Crippen molar-refractivity contribution in [1.82, 2.24) is 20.0 Å². The van der Waals surface area contributed by atoms with Gasteiger partial charge in [-0.25, -0.2) is 0 Å². The van der Waals surface area contributed by atoms with Gasteiger partial charge in [0.2, 0.25) is 0 Å². The molecule has 2 rings (SSSR count). The van der Waals surface area contributed by atoms with Gasteiger partial charge in [0.05, 0.1) is 0 Å². The van der Waals surface area contributed by atoms with Crippen molar-refractivity contribution in [3.8, 4) is 0 Å². The van der Waals surface area contributed by atoms with E-state index < -0.39 is 0 Å². The van der Waals surface area contributed by atoms with Gasteiger partial charge in [0.15, 0.2) is 0 Å². The van der Waals surface area contributed by atoms with Crippen molar-refractivity contribution in [3.63, 3.8) is 0 Å². The van der Waals surface area contributed by atoms with Gasteiger partial charge in [-0.3, -0.25) is 9.48 Å². The number of likely N-dealkylation sites (tertiary alicyclic amines) is 1. The summed E-state index contributed by atoms with van der Waals surface area (Å²) in [7, 11) is 1.95. The molecule has 0 saturated carbocycles. The number of piperidine rings is 1. The molecule has 1 aromatic rings. The van der Waals surface area contributed by atoms with E-state index in [0.29, 0.717) is 11.7 Å². The Balaban J connectivity index is 2.05.